The van der Waals surface area contributed by atoms with Gasteiger partial charge in [-0.05, 0) is 42.3 Å². The van der Waals surface area contributed by atoms with Crippen molar-refractivity contribution in [3.05, 3.63) is 90.3 Å². The van der Waals surface area contributed by atoms with Gasteiger partial charge in [-0.3, -0.25) is 4.79 Å². The number of carbonyl (C=O) groups excluding carboxylic acids is 2. The fourth-order valence-corrected chi connectivity index (χ4v) is 3.38. The van der Waals surface area contributed by atoms with Gasteiger partial charge in [0.1, 0.15) is 0 Å². The zero-order valence-corrected chi connectivity index (χ0v) is 17.2. The van der Waals surface area contributed by atoms with Gasteiger partial charge in [-0.2, -0.15) is 0 Å². The molecular weight excluding hydrogens is 392 g/mol. The van der Waals surface area contributed by atoms with Crippen molar-refractivity contribution in [1.29, 1.82) is 0 Å². The molecule has 31 heavy (non-hydrogen) atoms. The molecule has 0 saturated heterocycles. The van der Waals surface area contributed by atoms with E-state index in [9.17, 15) is 9.59 Å². The molecule has 3 aromatic carbocycles. The van der Waals surface area contributed by atoms with Gasteiger partial charge in [-0.15, -0.1) is 5.10 Å². The van der Waals surface area contributed by atoms with Crippen LogP contribution in [0.5, 0.6) is 0 Å². The van der Waals surface area contributed by atoms with E-state index < -0.39 is 12.1 Å². The number of carbonyl (C=O) groups is 2. The molecule has 1 N–H and O–H groups in total. The van der Waals surface area contributed by atoms with Crippen LogP contribution in [-0.2, 0) is 9.53 Å². The van der Waals surface area contributed by atoms with Crippen LogP contribution in [0.4, 0.5) is 0 Å². The Morgan fingerprint density at radius 2 is 1.65 bits per heavy atom. The Hall–Kier alpha value is -4.00. The first-order chi connectivity index (χ1) is 15.0. The number of para-hydroxylation sites is 1. The predicted molar refractivity (Wildman–Crippen MR) is 117 cm³/mol. The van der Waals surface area contributed by atoms with E-state index in [0.29, 0.717) is 0 Å². The number of benzene rings is 3. The summed E-state index contributed by atoms with van der Waals surface area (Å²) in [7, 11) is 0. The van der Waals surface area contributed by atoms with Crippen molar-refractivity contribution < 1.29 is 14.3 Å². The van der Waals surface area contributed by atoms with Gasteiger partial charge in [0.25, 0.3) is 5.91 Å². The number of esters is 1. The molecular formula is C24H22N4O3. The van der Waals surface area contributed by atoms with Crippen molar-refractivity contribution in [3.63, 3.8) is 0 Å². The van der Waals surface area contributed by atoms with Crippen molar-refractivity contribution in [2.24, 2.45) is 0 Å². The Labute approximate surface area is 179 Å². The molecule has 7 heteroatoms. The van der Waals surface area contributed by atoms with E-state index in [4.69, 9.17) is 4.74 Å². The molecule has 0 aliphatic carbocycles. The van der Waals surface area contributed by atoms with Crippen LogP contribution in [0.15, 0.2) is 79.0 Å². The summed E-state index contributed by atoms with van der Waals surface area (Å²) in [6, 6.07) is 23.0. The third kappa shape index (κ3) is 4.45. The number of amides is 1. The zero-order chi connectivity index (χ0) is 21.8. The minimum absolute atomic E-state index is 0.0330. The molecule has 0 fully saturated rings. The SMILES string of the molecule is CC(OC(=O)c1cn(-c2ccccc2)nn1)C(=O)NC(C)c1cccc2ccccc12. The highest BCUT2D eigenvalue weighted by Gasteiger charge is 2.23. The highest BCUT2D eigenvalue weighted by atomic mass is 16.5. The van der Waals surface area contributed by atoms with Crippen molar-refractivity contribution >= 4 is 22.6 Å². The molecule has 4 aromatic rings. The molecule has 4 rings (SSSR count). The Morgan fingerprint density at radius 1 is 0.935 bits per heavy atom. The predicted octanol–water partition coefficient (Wildman–Crippen LogP) is 3.84. The third-order valence-electron chi connectivity index (χ3n) is 5.02. The first kappa shape index (κ1) is 20.3. The molecule has 1 heterocycles. The quantitative estimate of drug-likeness (QED) is 0.485. The molecule has 1 amide bonds. The lowest BCUT2D eigenvalue weighted by atomic mass is 9.99. The first-order valence-corrected chi connectivity index (χ1v) is 9.99. The molecule has 0 aliphatic heterocycles. The van der Waals surface area contributed by atoms with E-state index in [1.807, 2.05) is 79.7 Å². The van der Waals surface area contributed by atoms with Gasteiger partial charge >= 0.3 is 5.97 Å². The summed E-state index contributed by atoms with van der Waals surface area (Å²) in [6.07, 6.45) is 0.493. The highest BCUT2D eigenvalue weighted by Crippen LogP contribution is 2.24. The second-order valence-electron chi connectivity index (χ2n) is 7.23. The number of rotatable bonds is 6. The molecule has 0 spiro atoms. The molecule has 0 aliphatic rings. The van der Waals surface area contributed by atoms with Crippen molar-refractivity contribution in [2.45, 2.75) is 26.0 Å². The summed E-state index contributed by atoms with van der Waals surface area (Å²) in [5.74, 6) is -1.09. The summed E-state index contributed by atoms with van der Waals surface area (Å²) < 4.78 is 6.78. The second-order valence-corrected chi connectivity index (χ2v) is 7.23. The van der Waals surface area contributed by atoms with E-state index in [1.54, 1.807) is 0 Å². The molecule has 156 valence electrons. The van der Waals surface area contributed by atoms with Crippen LogP contribution in [0.2, 0.25) is 0 Å². The van der Waals surface area contributed by atoms with Crippen LogP contribution < -0.4 is 5.32 Å². The van der Waals surface area contributed by atoms with Crippen LogP contribution in [-0.4, -0.2) is 33.0 Å². The molecule has 2 atom stereocenters. The number of nitrogens with one attached hydrogen (secondary N) is 1. The number of hydrogen-bond donors (Lipinski definition) is 1. The number of ether oxygens (including phenoxy) is 1. The minimum Gasteiger partial charge on any atom is -0.448 e. The Morgan fingerprint density at radius 3 is 2.45 bits per heavy atom. The molecule has 0 bridgehead atoms. The molecule has 1 aromatic heterocycles. The smallest absolute Gasteiger partial charge is 0.361 e. The fraction of sp³-hybridized carbons (Fsp3) is 0.167. The van der Waals surface area contributed by atoms with E-state index in [2.05, 4.69) is 15.6 Å². The van der Waals surface area contributed by atoms with Gasteiger partial charge in [0.15, 0.2) is 11.8 Å². The van der Waals surface area contributed by atoms with Gasteiger partial charge in [0.2, 0.25) is 0 Å². The summed E-state index contributed by atoms with van der Waals surface area (Å²) in [5.41, 5.74) is 1.80. The van der Waals surface area contributed by atoms with E-state index >= 15 is 0 Å². The highest BCUT2D eigenvalue weighted by molar-refractivity contribution is 5.91. The zero-order valence-electron chi connectivity index (χ0n) is 17.2. The maximum absolute atomic E-state index is 12.6. The van der Waals surface area contributed by atoms with Crippen LogP contribution in [0, 0.1) is 0 Å². The normalized spacial score (nSPS) is 12.8. The summed E-state index contributed by atoms with van der Waals surface area (Å²) >= 11 is 0. The lowest BCUT2D eigenvalue weighted by Crippen LogP contribution is -2.37. The van der Waals surface area contributed by atoms with Crippen LogP contribution >= 0.6 is 0 Å². The lowest BCUT2D eigenvalue weighted by Gasteiger charge is -2.19. The van der Waals surface area contributed by atoms with Crippen LogP contribution in [0.1, 0.15) is 35.9 Å². The lowest BCUT2D eigenvalue weighted by molar-refractivity contribution is -0.129. The maximum atomic E-state index is 12.6. The summed E-state index contributed by atoms with van der Waals surface area (Å²) in [4.78, 5) is 25.0. The van der Waals surface area contributed by atoms with Crippen molar-refractivity contribution in [2.75, 3.05) is 0 Å². The van der Waals surface area contributed by atoms with E-state index in [-0.39, 0.29) is 17.6 Å². The third-order valence-corrected chi connectivity index (χ3v) is 5.02. The Kier molecular flexibility index (Phi) is 5.75. The molecule has 2 unspecified atom stereocenters. The van der Waals surface area contributed by atoms with Crippen molar-refractivity contribution in [3.8, 4) is 5.69 Å². The second kappa shape index (κ2) is 8.79. The standard InChI is InChI=1S/C24H22N4O3/c1-16(20-14-8-10-18-9-6-7-13-21(18)20)25-23(29)17(2)31-24(30)22-15-28(27-26-22)19-11-4-3-5-12-19/h3-17H,1-2H3,(H,25,29). The van der Waals surface area contributed by atoms with Gasteiger partial charge in [-0.25, -0.2) is 9.48 Å². The maximum Gasteiger partial charge on any atom is 0.361 e. The largest absolute Gasteiger partial charge is 0.448 e. The first-order valence-electron chi connectivity index (χ1n) is 9.99. The van der Waals surface area contributed by atoms with Crippen LogP contribution in [0.3, 0.4) is 0 Å². The van der Waals surface area contributed by atoms with Crippen molar-refractivity contribution in [1.82, 2.24) is 20.3 Å². The monoisotopic (exact) mass is 414 g/mol. The number of nitrogens with zero attached hydrogens (tertiary/aromatic N) is 3. The average molecular weight is 414 g/mol. The Balaban J connectivity index is 1.40. The fourth-order valence-electron chi connectivity index (χ4n) is 3.38. The van der Waals surface area contributed by atoms with Gasteiger partial charge in [0, 0.05) is 0 Å². The molecule has 7 nitrogen and oxygen atoms in total. The number of aromatic nitrogens is 3. The summed E-state index contributed by atoms with van der Waals surface area (Å²) in [5, 5.41) is 12.9. The minimum atomic E-state index is -0.980. The van der Waals surface area contributed by atoms with E-state index in [1.165, 1.54) is 17.8 Å². The Bertz CT molecular complexity index is 1210. The molecule has 0 saturated carbocycles. The summed E-state index contributed by atoms with van der Waals surface area (Å²) in [6.45, 7) is 3.43. The topological polar surface area (TPSA) is 86.1 Å². The van der Waals surface area contributed by atoms with Gasteiger partial charge in [-0.1, -0.05) is 65.9 Å². The molecule has 0 radical (unpaired) electrons. The van der Waals surface area contributed by atoms with Gasteiger partial charge < -0.3 is 10.1 Å². The van der Waals surface area contributed by atoms with Gasteiger partial charge in [0.05, 0.1) is 17.9 Å². The number of fused-ring (bicyclic) bond motifs is 1. The average Bonchev–Trinajstić information content (AvgIpc) is 3.29. The number of hydrogen-bond acceptors (Lipinski definition) is 5. The van der Waals surface area contributed by atoms with Crippen LogP contribution in [0.25, 0.3) is 16.5 Å². The van der Waals surface area contributed by atoms with E-state index in [0.717, 1.165) is 22.0 Å².